The lowest BCUT2D eigenvalue weighted by atomic mass is 10.2. The van der Waals surface area contributed by atoms with Crippen LogP contribution in [0.25, 0.3) is 0 Å². The molecule has 0 aliphatic heterocycles. The molecular weight excluding hydrogens is 162 g/mol. The van der Waals surface area contributed by atoms with E-state index in [1.54, 1.807) is 0 Å². The van der Waals surface area contributed by atoms with Gasteiger partial charge in [0.2, 0.25) is 0 Å². The third kappa shape index (κ3) is 2.31. The maximum absolute atomic E-state index is 5.75. The zero-order chi connectivity index (χ0) is 9.84. The SMILES string of the molecule is C=C(CN)N(N)c1ccc(C)cc1. The molecule has 1 aromatic rings. The predicted molar refractivity (Wildman–Crippen MR) is 56.0 cm³/mol. The van der Waals surface area contributed by atoms with Crippen LogP contribution in [0.2, 0.25) is 0 Å². The molecule has 13 heavy (non-hydrogen) atoms. The highest BCUT2D eigenvalue weighted by Crippen LogP contribution is 2.14. The van der Waals surface area contributed by atoms with Crippen LogP contribution >= 0.6 is 0 Å². The van der Waals surface area contributed by atoms with Crippen molar-refractivity contribution in [2.75, 3.05) is 11.6 Å². The number of hydrogen-bond acceptors (Lipinski definition) is 3. The molecule has 70 valence electrons. The average Bonchev–Trinajstić information content (AvgIpc) is 2.17. The maximum Gasteiger partial charge on any atom is 0.0571 e. The molecule has 0 atom stereocenters. The first-order chi connectivity index (χ1) is 6.15. The molecule has 1 rings (SSSR count). The van der Waals surface area contributed by atoms with E-state index < -0.39 is 0 Å². The standard InChI is InChI=1S/C10H15N3/c1-8-3-5-10(6-4-8)13(12)9(2)7-11/h3-6H,2,7,11-12H2,1H3. The first kappa shape index (κ1) is 9.77. The Balaban J connectivity index is 2.83. The smallest absolute Gasteiger partial charge is 0.0571 e. The Morgan fingerprint density at radius 1 is 1.38 bits per heavy atom. The van der Waals surface area contributed by atoms with Crippen molar-refractivity contribution in [3.63, 3.8) is 0 Å². The molecule has 0 aliphatic rings. The highest BCUT2D eigenvalue weighted by molar-refractivity contribution is 5.50. The summed E-state index contributed by atoms with van der Waals surface area (Å²) in [7, 11) is 0. The lowest BCUT2D eigenvalue weighted by Gasteiger charge is -2.19. The quantitative estimate of drug-likeness (QED) is 0.538. The van der Waals surface area contributed by atoms with E-state index in [1.165, 1.54) is 10.6 Å². The molecule has 0 heterocycles. The molecule has 0 aliphatic carbocycles. The molecular formula is C10H15N3. The van der Waals surface area contributed by atoms with E-state index in [0.29, 0.717) is 12.2 Å². The van der Waals surface area contributed by atoms with Gasteiger partial charge in [0.1, 0.15) is 0 Å². The number of rotatable bonds is 3. The van der Waals surface area contributed by atoms with Gasteiger partial charge in [-0.3, -0.25) is 5.01 Å². The second-order valence-electron chi connectivity index (χ2n) is 2.98. The van der Waals surface area contributed by atoms with Crippen LogP contribution in [0.1, 0.15) is 5.56 Å². The molecule has 0 aromatic heterocycles. The van der Waals surface area contributed by atoms with Gasteiger partial charge in [-0.25, -0.2) is 5.84 Å². The van der Waals surface area contributed by atoms with E-state index in [-0.39, 0.29) is 0 Å². The molecule has 0 saturated heterocycles. The second kappa shape index (κ2) is 4.07. The topological polar surface area (TPSA) is 55.3 Å². The Labute approximate surface area is 78.6 Å². The van der Waals surface area contributed by atoms with Crippen molar-refractivity contribution in [2.24, 2.45) is 11.6 Å². The van der Waals surface area contributed by atoms with Crippen LogP contribution in [0.5, 0.6) is 0 Å². The number of hydrazine groups is 1. The van der Waals surface area contributed by atoms with Crippen LogP contribution in [0.3, 0.4) is 0 Å². The van der Waals surface area contributed by atoms with E-state index in [1.807, 2.05) is 31.2 Å². The van der Waals surface area contributed by atoms with Crippen LogP contribution in [-0.2, 0) is 0 Å². The van der Waals surface area contributed by atoms with Crippen LogP contribution in [0.15, 0.2) is 36.5 Å². The van der Waals surface area contributed by atoms with Gasteiger partial charge >= 0.3 is 0 Å². The maximum atomic E-state index is 5.75. The van der Waals surface area contributed by atoms with Gasteiger partial charge in [0.25, 0.3) is 0 Å². The number of anilines is 1. The van der Waals surface area contributed by atoms with Crippen LogP contribution in [0.4, 0.5) is 5.69 Å². The summed E-state index contributed by atoms with van der Waals surface area (Å²) in [6, 6.07) is 7.88. The van der Waals surface area contributed by atoms with E-state index in [2.05, 4.69) is 6.58 Å². The number of benzene rings is 1. The molecule has 0 fully saturated rings. The van der Waals surface area contributed by atoms with Gasteiger partial charge in [-0.15, -0.1) is 0 Å². The van der Waals surface area contributed by atoms with Crippen molar-refractivity contribution in [1.82, 2.24) is 0 Å². The van der Waals surface area contributed by atoms with Crippen molar-refractivity contribution in [2.45, 2.75) is 6.92 Å². The van der Waals surface area contributed by atoms with Crippen molar-refractivity contribution in [3.8, 4) is 0 Å². The molecule has 3 nitrogen and oxygen atoms in total. The third-order valence-electron chi connectivity index (χ3n) is 1.89. The second-order valence-corrected chi connectivity index (χ2v) is 2.98. The molecule has 0 bridgehead atoms. The van der Waals surface area contributed by atoms with Gasteiger partial charge in [-0.1, -0.05) is 24.3 Å². The third-order valence-corrected chi connectivity index (χ3v) is 1.89. The summed E-state index contributed by atoms with van der Waals surface area (Å²) in [6.45, 7) is 6.14. The Morgan fingerprint density at radius 3 is 2.38 bits per heavy atom. The van der Waals surface area contributed by atoms with Crippen LogP contribution < -0.4 is 16.6 Å². The normalized spacial score (nSPS) is 9.77. The number of hydrogen-bond donors (Lipinski definition) is 2. The minimum atomic E-state index is 0.365. The first-order valence-electron chi connectivity index (χ1n) is 4.14. The predicted octanol–water partition coefficient (Wildman–Crippen LogP) is 1.15. The zero-order valence-corrected chi connectivity index (χ0v) is 7.83. The molecule has 0 radical (unpaired) electrons. The van der Waals surface area contributed by atoms with Gasteiger partial charge in [-0.05, 0) is 19.1 Å². The van der Waals surface area contributed by atoms with E-state index in [0.717, 1.165) is 5.69 Å². The number of nitrogens with zero attached hydrogens (tertiary/aromatic N) is 1. The van der Waals surface area contributed by atoms with Crippen LogP contribution in [-0.4, -0.2) is 6.54 Å². The van der Waals surface area contributed by atoms with Gasteiger partial charge < -0.3 is 5.73 Å². The van der Waals surface area contributed by atoms with Gasteiger partial charge in [-0.2, -0.15) is 0 Å². The fraction of sp³-hybridized carbons (Fsp3) is 0.200. The summed E-state index contributed by atoms with van der Waals surface area (Å²) in [5.41, 5.74) is 8.22. The van der Waals surface area contributed by atoms with E-state index >= 15 is 0 Å². The highest BCUT2D eigenvalue weighted by atomic mass is 15.4. The summed E-state index contributed by atoms with van der Waals surface area (Å²) in [6.07, 6.45) is 0. The minimum Gasteiger partial charge on any atom is -0.325 e. The molecule has 0 amide bonds. The zero-order valence-electron chi connectivity index (χ0n) is 7.83. The summed E-state index contributed by atoms with van der Waals surface area (Å²) in [5.74, 6) is 5.75. The molecule has 0 unspecified atom stereocenters. The Bertz CT molecular complexity index is 290. The van der Waals surface area contributed by atoms with Crippen molar-refractivity contribution >= 4 is 5.69 Å². The van der Waals surface area contributed by atoms with Gasteiger partial charge in [0.15, 0.2) is 0 Å². The highest BCUT2D eigenvalue weighted by Gasteiger charge is 2.02. The lowest BCUT2D eigenvalue weighted by molar-refractivity contribution is 0.947. The summed E-state index contributed by atoms with van der Waals surface area (Å²) in [5, 5.41) is 1.50. The molecule has 0 saturated carbocycles. The largest absolute Gasteiger partial charge is 0.325 e. The van der Waals surface area contributed by atoms with Gasteiger partial charge in [0, 0.05) is 12.2 Å². The lowest BCUT2D eigenvalue weighted by Crippen LogP contribution is -2.32. The van der Waals surface area contributed by atoms with E-state index in [4.69, 9.17) is 11.6 Å². The van der Waals surface area contributed by atoms with Crippen molar-refractivity contribution in [1.29, 1.82) is 0 Å². The summed E-state index contributed by atoms with van der Waals surface area (Å²) >= 11 is 0. The van der Waals surface area contributed by atoms with Crippen LogP contribution in [0, 0.1) is 6.92 Å². The Kier molecular flexibility index (Phi) is 3.06. The first-order valence-corrected chi connectivity index (χ1v) is 4.14. The van der Waals surface area contributed by atoms with Gasteiger partial charge in [0.05, 0.1) is 5.69 Å². The van der Waals surface area contributed by atoms with Crippen molar-refractivity contribution in [3.05, 3.63) is 42.1 Å². The fourth-order valence-electron chi connectivity index (χ4n) is 0.986. The number of aryl methyl sites for hydroxylation is 1. The average molecular weight is 177 g/mol. The Morgan fingerprint density at radius 2 is 1.92 bits per heavy atom. The molecule has 1 aromatic carbocycles. The molecule has 4 N–H and O–H groups in total. The number of nitrogens with two attached hydrogens (primary N) is 2. The summed E-state index contributed by atoms with van der Waals surface area (Å²) < 4.78 is 0. The van der Waals surface area contributed by atoms with Crippen molar-refractivity contribution < 1.29 is 0 Å². The Hall–Kier alpha value is -1.32. The monoisotopic (exact) mass is 177 g/mol. The van der Waals surface area contributed by atoms with E-state index in [9.17, 15) is 0 Å². The summed E-state index contributed by atoms with van der Waals surface area (Å²) in [4.78, 5) is 0. The minimum absolute atomic E-state index is 0.365. The molecule has 0 spiro atoms. The molecule has 3 heteroatoms. The fourth-order valence-corrected chi connectivity index (χ4v) is 0.986.